The van der Waals surface area contributed by atoms with E-state index in [4.69, 9.17) is 5.11 Å². The molecule has 0 heterocycles. The SMILES string of the molecule is Cc1ccc(CBr)c(C(=O)O)c1C. The Labute approximate surface area is 85.7 Å². The molecule has 0 atom stereocenters. The minimum atomic E-state index is -0.851. The highest BCUT2D eigenvalue weighted by Crippen LogP contribution is 2.20. The van der Waals surface area contributed by atoms with Crippen LogP contribution >= 0.6 is 15.9 Å². The van der Waals surface area contributed by atoms with Crippen molar-refractivity contribution >= 4 is 21.9 Å². The molecule has 0 radical (unpaired) electrons. The van der Waals surface area contributed by atoms with Crippen LogP contribution < -0.4 is 0 Å². The fourth-order valence-electron chi connectivity index (χ4n) is 1.28. The molecule has 13 heavy (non-hydrogen) atoms. The van der Waals surface area contributed by atoms with E-state index in [1.165, 1.54) is 0 Å². The lowest BCUT2D eigenvalue weighted by Crippen LogP contribution is -2.05. The minimum Gasteiger partial charge on any atom is -0.478 e. The van der Waals surface area contributed by atoms with E-state index in [-0.39, 0.29) is 0 Å². The van der Waals surface area contributed by atoms with Crippen molar-refractivity contribution in [2.75, 3.05) is 0 Å². The summed E-state index contributed by atoms with van der Waals surface area (Å²) < 4.78 is 0. The molecule has 1 N–H and O–H groups in total. The summed E-state index contributed by atoms with van der Waals surface area (Å²) in [5, 5.41) is 9.56. The standard InChI is InChI=1S/C10H11BrO2/c1-6-3-4-8(5-11)9(7(6)2)10(12)13/h3-4H,5H2,1-2H3,(H,12,13). The van der Waals surface area contributed by atoms with Crippen LogP contribution in [0.2, 0.25) is 0 Å². The third-order valence-corrected chi connectivity index (χ3v) is 2.78. The van der Waals surface area contributed by atoms with Crippen LogP contribution in [0.5, 0.6) is 0 Å². The summed E-state index contributed by atoms with van der Waals surface area (Å²) in [4.78, 5) is 10.9. The van der Waals surface area contributed by atoms with Gasteiger partial charge >= 0.3 is 5.97 Å². The molecule has 0 aliphatic rings. The third-order valence-electron chi connectivity index (χ3n) is 2.18. The van der Waals surface area contributed by atoms with Crippen molar-refractivity contribution in [3.63, 3.8) is 0 Å². The number of halogens is 1. The molecule has 0 aliphatic heterocycles. The van der Waals surface area contributed by atoms with Gasteiger partial charge in [-0.15, -0.1) is 0 Å². The van der Waals surface area contributed by atoms with Gasteiger partial charge in [-0.25, -0.2) is 4.79 Å². The smallest absolute Gasteiger partial charge is 0.336 e. The van der Waals surface area contributed by atoms with Crippen LogP contribution in [0.1, 0.15) is 27.0 Å². The van der Waals surface area contributed by atoms with E-state index in [2.05, 4.69) is 15.9 Å². The molecular weight excluding hydrogens is 232 g/mol. The number of aromatic carboxylic acids is 1. The summed E-state index contributed by atoms with van der Waals surface area (Å²) in [5.41, 5.74) is 3.12. The number of hydrogen-bond donors (Lipinski definition) is 1. The maximum absolute atomic E-state index is 10.9. The van der Waals surface area contributed by atoms with Gasteiger partial charge in [0, 0.05) is 5.33 Å². The van der Waals surface area contributed by atoms with Gasteiger partial charge in [-0.2, -0.15) is 0 Å². The molecule has 0 spiro atoms. The fraction of sp³-hybridized carbons (Fsp3) is 0.300. The van der Waals surface area contributed by atoms with Crippen LogP contribution in [0.15, 0.2) is 12.1 Å². The first kappa shape index (κ1) is 10.3. The van der Waals surface area contributed by atoms with E-state index in [1.54, 1.807) is 0 Å². The van der Waals surface area contributed by atoms with Crippen molar-refractivity contribution in [1.29, 1.82) is 0 Å². The highest BCUT2D eigenvalue weighted by Gasteiger charge is 2.13. The summed E-state index contributed by atoms with van der Waals surface area (Å²) >= 11 is 3.27. The molecule has 2 nitrogen and oxygen atoms in total. The van der Waals surface area contributed by atoms with Gasteiger partial charge in [0.05, 0.1) is 5.56 Å². The van der Waals surface area contributed by atoms with E-state index < -0.39 is 5.97 Å². The largest absolute Gasteiger partial charge is 0.478 e. The topological polar surface area (TPSA) is 37.3 Å². The zero-order valence-electron chi connectivity index (χ0n) is 7.60. The summed E-state index contributed by atoms with van der Waals surface area (Å²) in [5.74, 6) is -0.851. The molecule has 0 saturated heterocycles. The maximum Gasteiger partial charge on any atom is 0.336 e. The third kappa shape index (κ3) is 1.91. The Bertz CT molecular complexity index is 345. The molecule has 0 bridgehead atoms. The van der Waals surface area contributed by atoms with Crippen LogP contribution in [0, 0.1) is 13.8 Å². The predicted octanol–water partition coefficient (Wildman–Crippen LogP) is 2.90. The summed E-state index contributed by atoms with van der Waals surface area (Å²) in [6, 6.07) is 3.79. The number of aryl methyl sites for hydroxylation is 1. The van der Waals surface area contributed by atoms with Crippen LogP contribution in [-0.2, 0) is 5.33 Å². The molecular formula is C10H11BrO2. The summed E-state index contributed by atoms with van der Waals surface area (Å²) in [6.07, 6.45) is 0. The molecule has 0 amide bonds. The van der Waals surface area contributed by atoms with Gasteiger partial charge in [0.1, 0.15) is 0 Å². The monoisotopic (exact) mass is 242 g/mol. The molecule has 0 saturated carbocycles. The van der Waals surface area contributed by atoms with Crippen molar-refractivity contribution in [2.45, 2.75) is 19.2 Å². The van der Waals surface area contributed by atoms with E-state index in [1.807, 2.05) is 26.0 Å². The first-order valence-electron chi connectivity index (χ1n) is 3.96. The lowest BCUT2D eigenvalue weighted by Gasteiger charge is -2.08. The number of rotatable bonds is 2. The molecule has 1 rings (SSSR count). The quantitative estimate of drug-likeness (QED) is 0.811. The zero-order chi connectivity index (χ0) is 10.0. The normalized spacial score (nSPS) is 10.1. The highest BCUT2D eigenvalue weighted by molar-refractivity contribution is 9.08. The van der Waals surface area contributed by atoms with Crippen molar-refractivity contribution in [2.24, 2.45) is 0 Å². The van der Waals surface area contributed by atoms with Gasteiger partial charge in [0.15, 0.2) is 0 Å². The number of hydrogen-bond acceptors (Lipinski definition) is 1. The van der Waals surface area contributed by atoms with E-state index >= 15 is 0 Å². The maximum atomic E-state index is 10.9. The van der Waals surface area contributed by atoms with Crippen LogP contribution in [-0.4, -0.2) is 11.1 Å². The molecule has 1 aromatic carbocycles. The first-order valence-corrected chi connectivity index (χ1v) is 5.08. The van der Waals surface area contributed by atoms with E-state index in [0.717, 1.165) is 16.7 Å². The van der Waals surface area contributed by atoms with Gasteiger partial charge in [-0.05, 0) is 30.5 Å². The molecule has 70 valence electrons. The average molecular weight is 243 g/mol. The van der Waals surface area contributed by atoms with Crippen molar-refractivity contribution in [1.82, 2.24) is 0 Å². The molecule has 0 aromatic heterocycles. The Kier molecular flexibility index (Phi) is 3.09. The zero-order valence-corrected chi connectivity index (χ0v) is 9.18. The predicted molar refractivity (Wildman–Crippen MR) is 55.5 cm³/mol. The second-order valence-electron chi connectivity index (χ2n) is 2.98. The average Bonchev–Trinajstić information content (AvgIpc) is 2.08. The van der Waals surface area contributed by atoms with Crippen LogP contribution in [0.25, 0.3) is 0 Å². The Balaban J connectivity index is 3.41. The van der Waals surface area contributed by atoms with Crippen molar-refractivity contribution in [3.05, 3.63) is 34.4 Å². The highest BCUT2D eigenvalue weighted by atomic mass is 79.9. The Morgan fingerprint density at radius 2 is 2.08 bits per heavy atom. The minimum absolute atomic E-state index is 0.428. The van der Waals surface area contributed by atoms with E-state index in [0.29, 0.717) is 10.9 Å². The van der Waals surface area contributed by atoms with Crippen LogP contribution in [0.4, 0.5) is 0 Å². The Hall–Kier alpha value is -0.830. The van der Waals surface area contributed by atoms with Gasteiger partial charge in [-0.1, -0.05) is 28.1 Å². The van der Waals surface area contributed by atoms with Gasteiger partial charge in [-0.3, -0.25) is 0 Å². The molecule has 3 heteroatoms. The van der Waals surface area contributed by atoms with Gasteiger partial charge < -0.3 is 5.11 Å². The van der Waals surface area contributed by atoms with Crippen molar-refractivity contribution < 1.29 is 9.90 Å². The summed E-state index contributed by atoms with van der Waals surface area (Å²) in [6.45, 7) is 3.75. The molecule has 0 unspecified atom stereocenters. The van der Waals surface area contributed by atoms with Gasteiger partial charge in [0.2, 0.25) is 0 Å². The van der Waals surface area contributed by atoms with E-state index in [9.17, 15) is 4.79 Å². The Morgan fingerprint density at radius 1 is 1.46 bits per heavy atom. The lowest BCUT2D eigenvalue weighted by molar-refractivity contribution is 0.0695. The molecule has 1 aromatic rings. The lowest BCUT2D eigenvalue weighted by atomic mass is 9.99. The first-order chi connectivity index (χ1) is 6.07. The fourth-order valence-corrected chi connectivity index (χ4v) is 1.75. The van der Waals surface area contributed by atoms with Crippen LogP contribution in [0.3, 0.4) is 0 Å². The number of alkyl halides is 1. The summed E-state index contributed by atoms with van der Waals surface area (Å²) in [7, 11) is 0. The van der Waals surface area contributed by atoms with Gasteiger partial charge in [0.25, 0.3) is 0 Å². The molecule has 0 fully saturated rings. The number of carboxylic acids is 1. The number of benzene rings is 1. The molecule has 0 aliphatic carbocycles. The number of carboxylic acid groups (broad SMARTS) is 1. The second kappa shape index (κ2) is 3.92. The van der Waals surface area contributed by atoms with Crippen molar-refractivity contribution in [3.8, 4) is 0 Å². The Morgan fingerprint density at radius 3 is 2.54 bits per heavy atom. The number of carbonyl (C=O) groups is 1. The second-order valence-corrected chi connectivity index (χ2v) is 3.54.